The van der Waals surface area contributed by atoms with E-state index in [-0.39, 0.29) is 17.4 Å². The van der Waals surface area contributed by atoms with Crippen LogP contribution in [0.25, 0.3) is 10.9 Å². The highest BCUT2D eigenvalue weighted by Crippen LogP contribution is 2.18. The minimum Gasteiger partial charge on any atom is -0.368 e. The lowest BCUT2D eigenvalue weighted by molar-refractivity contribution is -0.124. The number of carbonyl (C=O) groups excluding carboxylic acids is 1. The van der Waals surface area contributed by atoms with E-state index in [1.54, 1.807) is 24.3 Å². The molecule has 1 unspecified atom stereocenters. The number of ether oxygens (including phenoxy) is 1. The fourth-order valence-electron chi connectivity index (χ4n) is 2.46. The molecule has 3 rings (SSSR count). The van der Waals surface area contributed by atoms with Gasteiger partial charge in [0.2, 0.25) is 0 Å². The van der Waals surface area contributed by atoms with Gasteiger partial charge < -0.3 is 15.0 Å². The number of hydrogen-bond donors (Lipinski definition) is 2. The molecule has 1 aromatic carbocycles. The second-order valence-corrected chi connectivity index (χ2v) is 5.07. The molecule has 0 aliphatic carbocycles. The highest BCUT2D eigenvalue weighted by atomic mass is 16.5. The van der Waals surface area contributed by atoms with Gasteiger partial charge in [-0.25, -0.2) is 0 Å². The number of H-pyrrole nitrogens is 1. The Bertz CT molecular complexity index is 715. The molecule has 1 aromatic heterocycles. The van der Waals surface area contributed by atoms with Crippen molar-refractivity contribution in [2.75, 3.05) is 11.9 Å². The zero-order valence-corrected chi connectivity index (χ0v) is 11.2. The van der Waals surface area contributed by atoms with Crippen molar-refractivity contribution in [2.45, 2.75) is 25.9 Å². The van der Waals surface area contributed by atoms with Crippen LogP contribution in [0.2, 0.25) is 0 Å². The zero-order chi connectivity index (χ0) is 14.1. The van der Waals surface area contributed by atoms with Gasteiger partial charge in [0.25, 0.3) is 5.91 Å². The maximum atomic E-state index is 12.0. The normalized spacial score (nSPS) is 18.4. The summed E-state index contributed by atoms with van der Waals surface area (Å²) in [6.45, 7) is 2.47. The molecule has 1 atom stereocenters. The van der Waals surface area contributed by atoms with Crippen LogP contribution in [0.5, 0.6) is 0 Å². The van der Waals surface area contributed by atoms with Crippen molar-refractivity contribution in [3.8, 4) is 0 Å². The summed E-state index contributed by atoms with van der Waals surface area (Å²) in [6, 6.07) is 6.83. The lowest BCUT2D eigenvalue weighted by Gasteiger charge is -2.11. The van der Waals surface area contributed by atoms with E-state index in [0.29, 0.717) is 17.7 Å². The topological polar surface area (TPSA) is 71.2 Å². The van der Waals surface area contributed by atoms with Gasteiger partial charge in [-0.05, 0) is 38.0 Å². The largest absolute Gasteiger partial charge is 0.368 e. The number of pyridine rings is 1. The Balaban J connectivity index is 1.89. The lowest BCUT2D eigenvalue weighted by Crippen LogP contribution is -2.26. The number of rotatable bonds is 2. The van der Waals surface area contributed by atoms with E-state index in [2.05, 4.69) is 10.3 Å². The number of aryl methyl sites for hydroxylation is 1. The average molecular weight is 272 g/mol. The molecule has 0 saturated carbocycles. The van der Waals surface area contributed by atoms with Gasteiger partial charge in [-0.15, -0.1) is 0 Å². The number of benzene rings is 1. The number of hydrogen-bond acceptors (Lipinski definition) is 3. The molecule has 0 radical (unpaired) electrons. The SMILES string of the molecule is Cc1cc(=O)c2cc(NC(=O)C3CCCO3)ccc2[nH]1. The van der Waals surface area contributed by atoms with Crippen molar-refractivity contribution in [1.82, 2.24) is 4.98 Å². The minimum absolute atomic E-state index is 0.0514. The van der Waals surface area contributed by atoms with Gasteiger partial charge in [-0.3, -0.25) is 9.59 Å². The van der Waals surface area contributed by atoms with Gasteiger partial charge in [0, 0.05) is 35.0 Å². The zero-order valence-electron chi connectivity index (χ0n) is 11.2. The van der Waals surface area contributed by atoms with E-state index in [0.717, 1.165) is 24.1 Å². The molecule has 20 heavy (non-hydrogen) atoms. The van der Waals surface area contributed by atoms with E-state index >= 15 is 0 Å². The van der Waals surface area contributed by atoms with Crippen molar-refractivity contribution in [3.05, 3.63) is 40.2 Å². The number of nitrogens with one attached hydrogen (secondary N) is 2. The fourth-order valence-corrected chi connectivity index (χ4v) is 2.46. The molecular formula is C15H16N2O3. The van der Waals surface area contributed by atoms with Crippen LogP contribution >= 0.6 is 0 Å². The first-order valence-electron chi connectivity index (χ1n) is 6.69. The van der Waals surface area contributed by atoms with Crippen LogP contribution < -0.4 is 10.7 Å². The van der Waals surface area contributed by atoms with Gasteiger partial charge in [-0.2, -0.15) is 0 Å². The van der Waals surface area contributed by atoms with Crippen molar-refractivity contribution in [3.63, 3.8) is 0 Å². The van der Waals surface area contributed by atoms with Gasteiger partial charge in [-0.1, -0.05) is 0 Å². The molecule has 1 aliphatic rings. The molecule has 104 valence electrons. The number of carbonyl (C=O) groups is 1. The molecule has 0 spiro atoms. The van der Waals surface area contributed by atoms with Crippen LogP contribution in [0.3, 0.4) is 0 Å². The first-order chi connectivity index (χ1) is 9.63. The Labute approximate surface area is 116 Å². The Kier molecular flexibility index (Phi) is 3.28. The summed E-state index contributed by atoms with van der Waals surface area (Å²) in [4.78, 5) is 27.0. The van der Waals surface area contributed by atoms with Crippen LogP contribution in [-0.2, 0) is 9.53 Å². The third-order valence-electron chi connectivity index (χ3n) is 3.45. The van der Waals surface area contributed by atoms with Crippen LogP contribution in [0.15, 0.2) is 29.1 Å². The molecule has 2 aromatic rings. The highest BCUT2D eigenvalue weighted by molar-refractivity contribution is 5.96. The number of aromatic amines is 1. The number of anilines is 1. The number of fused-ring (bicyclic) bond motifs is 1. The molecule has 2 heterocycles. The standard InChI is InChI=1S/C15H16N2O3/c1-9-7-13(18)11-8-10(4-5-12(11)16-9)17-15(19)14-3-2-6-20-14/h4-5,7-8,14H,2-3,6H2,1H3,(H,16,18)(H,17,19). The lowest BCUT2D eigenvalue weighted by atomic mass is 10.1. The van der Waals surface area contributed by atoms with E-state index in [9.17, 15) is 9.59 Å². The van der Waals surface area contributed by atoms with E-state index in [1.165, 1.54) is 0 Å². The molecular weight excluding hydrogens is 256 g/mol. The molecule has 1 aliphatic heterocycles. The number of amides is 1. The molecule has 1 amide bonds. The quantitative estimate of drug-likeness (QED) is 0.877. The predicted octanol–water partition coefficient (Wildman–Crippen LogP) is 1.95. The van der Waals surface area contributed by atoms with Gasteiger partial charge in [0.15, 0.2) is 5.43 Å². The summed E-state index contributed by atoms with van der Waals surface area (Å²) < 4.78 is 5.33. The predicted molar refractivity (Wildman–Crippen MR) is 76.9 cm³/mol. The van der Waals surface area contributed by atoms with Gasteiger partial charge in [0.1, 0.15) is 6.10 Å². The Hall–Kier alpha value is -2.14. The molecule has 2 N–H and O–H groups in total. The molecule has 0 bridgehead atoms. The van der Waals surface area contributed by atoms with Crippen molar-refractivity contribution in [2.24, 2.45) is 0 Å². The highest BCUT2D eigenvalue weighted by Gasteiger charge is 2.23. The van der Waals surface area contributed by atoms with E-state index in [4.69, 9.17) is 4.74 Å². The first-order valence-corrected chi connectivity index (χ1v) is 6.69. The summed E-state index contributed by atoms with van der Waals surface area (Å²) in [6.07, 6.45) is 1.29. The van der Waals surface area contributed by atoms with Crippen molar-refractivity contribution >= 4 is 22.5 Å². The van der Waals surface area contributed by atoms with Crippen LogP contribution in [0.4, 0.5) is 5.69 Å². The minimum atomic E-state index is -0.373. The van der Waals surface area contributed by atoms with Crippen LogP contribution in [-0.4, -0.2) is 23.6 Å². The van der Waals surface area contributed by atoms with Gasteiger partial charge >= 0.3 is 0 Å². The fraction of sp³-hybridized carbons (Fsp3) is 0.333. The summed E-state index contributed by atoms with van der Waals surface area (Å²) >= 11 is 0. The second kappa shape index (κ2) is 5.09. The Morgan fingerprint density at radius 2 is 2.25 bits per heavy atom. The summed E-state index contributed by atoms with van der Waals surface area (Å²) in [5.41, 5.74) is 2.15. The Morgan fingerprint density at radius 1 is 1.40 bits per heavy atom. The third kappa shape index (κ3) is 2.44. The smallest absolute Gasteiger partial charge is 0.253 e. The monoisotopic (exact) mass is 272 g/mol. The molecule has 5 heteroatoms. The average Bonchev–Trinajstić information content (AvgIpc) is 2.93. The van der Waals surface area contributed by atoms with Crippen molar-refractivity contribution < 1.29 is 9.53 Å². The molecule has 1 fully saturated rings. The molecule has 5 nitrogen and oxygen atoms in total. The Morgan fingerprint density at radius 3 is 3.00 bits per heavy atom. The third-order valence-corrected chi connectivity index (χ3v) is 3.45. The van der Waals surface area contributed by atoms with Crippen LogP contribution in [0, 0.1) is 6.92 Å². The van der Waals surface area contributed by atoms with E-state index in [1.807, 2.05) is 6.92 Å². The summed E-state index contributed by atoms with van der Waals surface area (Å²) in [7, 11) is 0. The van der Waals surface area contributed by atoms with E-state index < -0.39 is 0 Å². The molecule has 1 saturated heterocycles. The maximum absolute atomic E-state index is 12.0. The summed E-state index contributed by atoms with van der Waals surface area (Å²) in [5, 5.41) is 3.37. The first kappa shape index (κ1) is 12.9. The van der Waals surface area contributed by atoms with Crippen molar-refractivity contribution in [1.29, 1.82) is 0 Å². The maximum Gasteiger partial charge on any atom is 0.253 e. The summed E-state index contributed by atoms with van der Waals surface area (Å²) in [5.74, 6) is -0.148. The van der Waals surface area contributed by atoms with Gasteiger partial charge in [0.05, 0.1) is 0 Å². The van der Waals surface area contributed by atoms with Crippen LogP contribution in [0.1, 0.15) is 18.5 Å². The second-order valence-electron chi connectivity index (χ2n) is 5.07. The number of aromatic nitrogens is 1.